The Labute approximate surface area is 113 Å². The average molecular weight is 257 g/mol. The summed E-state index contributed by atoms with van der Waals surface area (Å²) in [6.07, 6.45) is 3.73. The van der Waals surface area contributed by atoms with E-state index in [4.69, 9.17) is 0 Å². The first-order valence-electron chi connectivity index (χ1n) is 7.12. The lowest BCUT2D eigenvalue weighted by Crippen LogP contribution is -2.41. The predicted molar refractivity (Wildman–Crippen MR) is 74.2 cm³/mol. The fourth-order valence-corrected chi connectivity index (χ4v) is 3.35. The average Bonchev–Trinajstić information content (AvgIpc) is 2.85. The quantitative estimate of drug-likeness (QED) is 0.775. The van der Waals surface area contributed by atoms with Crippen LogP contribution in [0.1, 0.15) is 43.0 Å². The van der Waals surface area contributed by atoms with Gasteiger partial charge in [-0.05, 0) is 30.9 Å². The zero-order valence-electron chi connectivity index (χ0n) is 11.3. The SMILES string of the molecule is CC1CCCC1C(=O)N1CCC(=O)c2ccccc21. The summed E-state index contributed by atoms with van der Waals surface area (Å²) in [5.41, 5.74) is 1.51. The summed E-state index contributed by atoms with van der Waals surface area (Å²) in [6, 6.07) is 7.48. The number of hydrogen-bond donors (Lipinski definition) is 0. The molecule has 1 aliphatic carbocycles. The molecule has 1 aromatic carbocycles. The molecule has 0 radical (unpaired) electrons. The van der Waals surface area contributed by atoms with Crippen molar-refractivity contribution < 1.29 is 9.59 Å². The highest BCUT2D eigenvalue weighted by Gasteiger charge is 2.36. The van der Waals surface area contributed by atoms with Crippen LogP contribution in [0, 0.1) is 11.8 Å². The van der Waals surface area contributed by atoms with Gasteiger partial charge < -0.3 is 4.90 Å². The Bertz CT molecular complexity index is 523. The number of Topliss-reactive ketones (excluding diaryl/α,β-unsaturated/α-hetero) is 1. The van der Waals surface area contributed by atoms with E-state index < -0.39 is 0 Å². The molecule has 0 bridgehead atoms. The van der Waals surface area contributed by atoms with Crippen molar-refractivity contribution in [2.75, 3.05) is 11.4 Å². The molecule has 1 heterocycles. The molecular formula is C16H19NO2. The number of nitrogens with zero attached hydrogens (tertiary/aromatic N) is 1. The lowest BCUT2D eigenvalue weighted by atomic mass is 9.93. The molecule has 1 saturated carbocycles. The number of fused-ring (bicyclic) bond motifs is 1. The van der Waals surface area contributed by atoms with Crippen molar-refractivity contribution >= 4 is 17.4 Å². The Hall–Kier alpha value is -1.64. The summed E-state index contributed by atoms with van der Waals surface area (Å²) in [5, 5.41) is 0. The van der Waals surface area contributed by atoms with Gasteiger partial charge >= 0.3 is 0 Å². The molecule has 3 rings (SSSR count). The van der Waals surface area contributed by atoms with E-state index in [0.29, 0.717) is 24.4 Å². The van der Waals surface area contributed by atoms with Crippen LogP contribution in [0.2, 0.25) is 0 Å². The lowest BCUT2D eigenvalue weighted by molar-refractivity contribution is -0.123. The first kappa shape index (κ1) is 12.4. The predicted octanol–water partition coefficient (Wildman–Crippen LogP) is 3.04. The number of carbonyl (C=O) groups is 2. The van der Waals surface area contributed by atoms with Crippen LogP contribution in [-0.2, 0) is 4.79 Å². The van der Waals surface area contributed by atoms with E-state index >= 15 is 0 Å². The molecule has 2 atom stereocenters. The van der Waals surface area contributed by atoms with Gasteiger partial charge in [0, 0.05) is 24.4 Å². The molecule has 0 N–H and O–H groups in total. The summed E-state index contributed by atoms with van der Waals surface area (Å²) in [6.45, 7) is 2.70. The maximum atomic E-state index is 12.7. The summed E-state index contributed by atoms with van der Waals surface area (Å²) >= 11 is 0. The van der Waals surface area contributed by atoms with Crippen molar-refractivity contribution in [3.05, 3.63) is 29.8 Å². The first-order valence-corrected chi connectivity index (χ1v) is 7.12. The van der Waals surface area contributed by atoms with Crippen LogP contribution < -0.4 is 4.90 Å². The van der Waals surface area contributed by atoms with Crippen molar-refractivity contribution in [1.29, 1.82) is 0 Å². The number of hydrogen-bond acceptors (Lipinski definition) is 2. The normalized spacial score (nSPS) is 26.4. The molecule has 0 spiro atoms. The second-order valence-electron chi connectivity index (χ2n) is 5.69. The molecule has 1 fully saturated rings. The van der Waals surface area contributed by atoms with Crippen LogP contribution in [0.4, 0.5) is 5.69 Å². The number of para-hydroxylation sites is 1. The molecule has 1 amide bonds. The lowest BCUT2D eigenvalue weighted by Gasteiger charge is -2.31. The van der Waals surface area contributed by atoms with Crippen molar-refractivity contribution in [3.8, 4) is 0 Å². The maximum Gasteiger partial charge on any atom is 0.230 e. The van der Waals surface area contributed by atoms with Crippen molar-refractivity contribution in [2.24, 2.45) is 11.8 Å². The number of carbonyl (C=O) groups excluding carboxylic acids is 2. The third-order valence-corrected chi connectivity index (χ3v) is 4.50. The van der Waals surface area contributed by atoms with Gasteiger partial charge in [0.05, 0.1) is 5.69 Å². The highest BCUT2D eigenvalue weighted by molar-refractivity contribution is 6.09. The van der Waals surface area contributed by atoms with Crippen LogP contribution in [0.25, 0.3) is 0 Å². The Kier molecular flexibility index (Phi) is 3.13. The van der Waals surface area contributed by atoms with Crippen LogP contribution in [0.15, 0.2) is 24.3 Å². The van der Waals surface area contributed by atoms with E-state index in [1.54, 1.807) is 0 Å². The topological polar surface area (TPSA) is 37.4 Å². The van der Waals surface area contributed by atoms with Gasteiger partial charge in [0.15, 0.2) is 5.78 Å². The molecule has 19 heavy (non-hydrogen) atoms. The summed E-state index contributed by atoms with van der Waals surface area (Å²) < 4.78 is 0. The maximum absolute atomic E-state index is 12.7. The van der Waals surface area contributed by atoms with E-state index in [-0.39, 0.29) is 17.6 Å². The number of amides is 1. The van der Waals surface area contributed by atoms with E-state index in [0.717, 1.165) is 24.9 Å². The highest BCUT2D eigenvalue weighted by atomic mass is 16.2. The highest BCUT2D eigenvalue weighted by Crippen LogP contribution is 2.35. The molecule has 0 saturated heterocycles. The Morgan fingerprint density at radius 1 is 1.26 bits per heavy atom. The van der Waals surface area contributed by atoms with Gasteiger partial charge in [-0.25, -0.2) is 0 Å². The Morgan fingerprint density at radius 2 is 2.05 bits per heavy atom. The van der Waals surface area contributed by atoms with E-state index in [1.165, 1.54) is 0 Å². The molecular weight excluding hydrogens is 238 g/mol. The van der Waals surface area contributed by atoms with E-state index in [2.05, 4.69) is 6.92 Å². The zero-order valence-corrected chi connectivity index (χ0v) is 11.3. The van der Waals surface area contributed by atoms with Crippen molar-refractivity contribution in [2.45, 2.75) is 32.6 Å². The molecule has 2 aliphatic rings. The molecule has 1 aliphatic heterocycles. The van der Waals surface area contributed by atoms with Crippen LogP contribution in [-0.4, -0.2) is 18.2 Å². The van der Waals surface area contributed by atoms with Crippen molar-refractivity contribution in [1.82, 2.24) is 0 Å². The third kappa shape index (κ3) is 2.07. The first-order chi connectivity index (χ1) is 9.18. The van der Waals surface area contributed by atoms with Crippen LogP contribution >= 0.6 is 0 Å². The summed E-state index contributed by atoms with van der Waals surface area (Å²) in [5.74, 6) is 0.975. The van der Waals surface area contributed by atoms with Gasteiger partial charge in [-0.15, -0.1) is 0 Å². The summed E-state index contributed by atoms with van der Waals surface area (Å²) in [7, 11) is 0. The molecule has 1 aromatic rings. The molecule has 3 heteroatoms. The summed E-state index contributed by atoms with van der Waals surface area (Å²) in [4.78, 5) is 26.4. The molecule has 100 valence electrons. The Morgan fingerprint density at radius 3 is 2.79 bits per heavy atom. The minimum absolute atomic E-state index is 0.140. The van der Waals surface area contributed by atoms with Gasteiger partial charge in [0.25, 0.3) is 0 Å². The number of rotatable bonds is 1. The fraction of sp³-hybridized carbons (Fsp3) is 0.500. The largest absolute Gasteiger partial charge is 0.311 e. The van der Waals surface area contributed by atoms with Crippen LogP contribution in [0.5, 0.6) is 0 Å². The van der Waals surface area contributed by atoms with Gasteiger partial charge in [-0.2, -0.15) is 0 Å². The molecule has 0 aromatic heterocycles. The zero-order chi connectivity index (χ0) is 13.4. The van der Waals surface area contributed by atoms with Gasteiger partial charge in [0.2, 0.25) is 5.91 Å². The smallest absolute Gasteiger partial charge is 0.230 e. The number of ketones is 1. The number of anilines is 1. The monoisotopic (exact) mass is 257 g/mol. The minimum atomic E-state index is 0.140. The second kappa shape index (κ2) is 4.80. The van der Waals surface area contributed by atoms with Gasteiger partial charge in [-0.1, -0.05) is 25.5 Å². The van der Waals surface area contributed by atoms with Crippen LogP contribution in [0.3, 0.4) is 0 Å². The van der Waals surface area contributed by atoms with Gasteiger partial charge in [0.1, 0.15) is 0 Å². The number of benzene rings is 1. The van der Waals surface area contributed by atoms with E-state index in [9.17, 15) is 9.59 Å². The molecule has 2 unspecified atom stereocenters. The van der Waals surface area contributed by atoms with Crippen molar-refractivity contribution in [3.63, 3.8) is 0 Å². The van der Waals surface area contributed by atoms with E-state index in [1.807, 2.05) is 29.2 Å². The van der Waals surface area contributed by atoms with Gasteiger partial charge in [-0.3, -0.25) is 9.59 Å². The third-order valence-electron chi connectivity index (χ3n) is 4.50. The molecule has 3 nitrogen and oxygen atoms in total. The minimum Gasteiger partial charge on any atom is -0.311 e. The standard InChI is InChI=1S/C16H19NO2/c1-11-5-4-7-12(11)16(19)17-10-9-15(18)13-6-2-3-8-14(13)17/h2-3,6,8,11-12H,4-5,7,9-10H2,1H3. The second-order valence-corrected chi connectivity index (χ2v) is 5.69. The fourth-order valence-electron chi connectivity index (χ4n) is 3.35. The Balaban J connectivity index is 1.92.